The van der Waals surface area contributed by atoms with Gasteiger partial charge in [-0.3, -0.25) is 4.90 Å². The third kappa shape index (κ3) is 3.90. The van der Waals surface area contributed by atoms with Crippen LogP contribution in [0.4, 0.5) is 18.9 Å². The van der Waals surface area contributed by atoms with E-state index in [0.717, 1.165) is 38.8 Å². The van der Waals surface area contributed by atoms with Gasteiger partial charge in [-0.25, -0.2) is 0 Å². The van der Waals surface area contributed by atoms with Crippen molar-refractivity contribution in [3.63, 3.8) is 0 Å². The van der Waals surface area contributed by atoms with E-state index < -0.39 is 11.7 Å². The Bertz CT molecular complexity index is 689. The van der Waals surface area contributed by atoms with Crippen LogP contribution < -0.4 is 4.90 Å². The van der Waals surface area contributed by atoms with Crippen LogP contribution in [-0.2, 0) is 12.7 Å². The summed E-state index contributed by atoms with van der Waals surface area (Å²) in [5.74, 6) is 0. The van der Waals surface area contributed by atoms with Gasteiger partial charge in [0, 0.05) is 38.4 Å². The maximum atomic E-state index is 12.9. The van der Waals surface area contributed by atoms with Gasteiger partial charge >= 0.3 is 6.18 Å². The summed E-state index contributed by atoms with van der Waals surface area (Å²) in [6.07, 6.45) is -4.29. The van der Waals surface area contributed by atoms with Crippen molar-refractivity contribution in [3.8, 4) is 0 Å². The standard InChI is InChI=1S/C19H21F3N2/c1-15-5-2-3-6-16(15)14-23-9-11-24(12-10-23)18-8-4-7-17(13-18)19(20,21)22/h2-8,13H,9-12,14H2,1H3. The van der Waals surface area contributed by atoms with E-state index >= 15 is 0 Å². The Hall–Kier alpha value is -2.01. The smallest absolute Gasteiger partial charge is 0.369 e. The molecular weight excluding hydrogens is 313 g/mol. The number of alkyl halides is 3. The van der Waals surface area contributed by atoms with Gasteiger partial charge < -0.3 is 4.90 Å². The van der Waals surface area contributed by atoms with Crippen LogP contribution in [0.5, 0.6) is 0 Å². The molecule has 0 unspecified atom stereocenters. The van der Waals surface area contributed by atoms with Gasteiger partial charge in [-0.05, 0) is 36.2 Å². The molecule has 0 amide bonds. The third-order valence-electron chi connectivity index (χ3n) is 4.57. The van der Waals surface area contributed by atoms with Crippen LogP contribution in [0.1, 0.15) is 16.7 Å². The number of aryl methyl sites for hydroxylation is 1. The Balaban J connectivity index is 1.62. The first-order valence-electron chi connectivity index (χ1n) is 8.12. The average molecular weight is 334 g/mol. The lowest BCUT2D eigenvalue weighted by Gasteiger charge is -2.36. The number of halogens is 3. The number of hydrogen-bond donors (Lipinski definition) is 0. The van der Waals surface area contributed by atoms with Gasteiger partial charge in [-0.15, -0.1) is 0 Å². The Morgan fingerprint density at radius 3 is 2.29 bits per heavy atom. The van der Waals surface area contributed by atoms with Gasteiger partial charge in [0.2, 0.25) is 0 Å². The number of nitrogens with zero attached hydrogens (tertiary/aromatic N) is 2. The van der Waals surface area contributed by atoms with Crippen molar-refractivity contribution in [2.24, 2.45) is 0 Å². The second-order valence-corrected chi connectivity index (χ2v) is 6.24. The predicted molar refractivity (Wildman–Crippen MR) is 90.1 cm³/mol. The van der Waals surface area contributed by atoms with Gasteiger partial charge in [-0.1, -0.05) is 30.3 Å². The lowest BCUT2D eigenvalue weighted by molar-refractivity contribution is -0.137. The van der Waals surface area contributed by atoms with E-state index in [1.54, 1.807) is 6.07 Å². The highest BCUT2D eigenvalue weighted by molar-refractivity contribution is 5.49. The van der Waals surface area contributed by atoms with Gasteiger partial charge in [0.25, 0.3) is 0 Å². The van der Waals surface area contributed by atoms with E-state index in [0.29, 0.717) is 5.69 Å². The normalized spacial score (nSPS) is 16.4. The summed E-state index contributed by atoms with van der Waals surface area (Å²) in [4.78, 5) is 4.38. The fraction of sp³-hybridized carbons (Fsp3) is 0.368. The largest absolute Gasteiger partial charge is 0.416 e. The number of hydrogen-bond acceptors (Lipinski definition) is 2. The summed E-state index contributed by atoms with van der Waals surface area (Å²) in [6.45, 7) is 6.19. The van der Waals surface area contributed by atoms with E-state index in [1.807, 2.05) is 17.0 Å². The van der Waals surface area contributed by atoms with E-state index in [-0.39, 0.29) is 0 Å². The van der Waals surface area contributed by atoms with Gasteiger partial charge in [0.05, 0.1) is 5.56 Å². The fourth-order valence-corrected chi connectivity index (χ4v) is 3.07. The minimum atomic E-state index is -4.29. The molecule has 1 aliphatic rings. The molecule has 1 heterocycles. The molecule has 2 nitrogen and oxygen atoms in total. The van der Waals surface area contributed by atoms with Crippen molar-refractivity contribution < 1.29 is 13.2 Å². The first-order chi connectivity index (χ1) is 11.4. The molecule has 1 aliphatic heterocycles. The summed E-state index contributed by atoms with van der Waals surface area (Å²) in [5.41, 5.74) is 2.66. The van der Waals surface area contributed by atoms with E-state index in [4.69, 9.17) is 0 Å². The molecule has 128 valence electrons. The minimum Gasteiger partial charge on any atom is -0.369 e. The van der Waals surface area contributed by atoms with Crippen LogP contribution in [-0.4, -0.2) is 31.1 Å². The maximum absolute atomic E-state index is 12.9. The maximum Gasteiger partial charge on any atom is 0.416 e. The van der Waals surface area contributed by atoms with E-state index in [9.17, 15) is 13.2 Å². The van der Waals surface area contributed by atoms with Crippen LogP contribution in [0.3, 0.4) is 0 Å². The van der Waals surface area contributed by atoms with Crippen molar-refractivity contribution in [2.75, 3.05) is 31.1 Å². The first kappa shape index (κ1) is 16.8. The van der Waals surface area contributed by atoms with Crippen molar-refractivity contribution in [3.05, 3.63) is 65.2 Å². The molecule has 0 saturated carbocycles. The Morgan fingerprint density at radius 2 is 1.62 bits per heavy atom. The molecule has 1 fully saturated rings. The first-order valence-corrected chi connectivity index (χ1v) is 8.12. The van der Waals surface area contributed by atoms with Crippen molar-refractivity contribution in [2.45, 2.75) is 19.6 Å². The molecular formula is C19H21F3N2. The Kier molecular flexibility index (Phi) is 4.81. The number of piperazine rings is 1. The summed E-state index contributed by atoms with van der Waals surface area (Å²) >= 11 is 0. The Labute approximate surface area is 140 Å². The molecule has 0 aromatic heterocycles. The molecule has 5 heteroatoms. The highest BCUT2D eigenvalue weighted by atomic mass is 19.4. The fourth-order valence-electron chi connectivity index (χ4n) is 3.07. The molecule has 0 atom stereocenters. The highest BCUT2D eigenvalue weighted by Crippen LogP contribution is 2.31. The number of benzene rings is 2. The quantitative estimate of drug-likeness (QED) is 0.824. The lowest BCUT2D eigenvalue weighted by atomic mass is 10.1. The topological polar surface area (TPSA) is 6.48 Å². The van der Waals surface area contributed by atoms with Crippen molar-refractivity contribution >= 4 is 5.69 Å². The zero-order chi connectivity index (χ0) is 17.2. The zero-order valence-corrected chi connectivity index (χ0v) is 13.7. The molecule has 3 rings (SSSR count). The summed E-state index contributed by atoms with van der Waals surface area (Å²) in [5, 5.41) is 0. The molecule has 0 radical (unpaired) electrons. The Morgan fingerprint density at radius 1 is 0.917 bits per heavy atom. The van der Waals surface area contributed by atoms with Crippen LogP contribution in [0.25, 0.3) is 0 Å². The number of rotatable bonds is 3. The lowest BCUT2D eigenvalue weighted by Crippen LogP contribution is -2.46. The summed E-state index contributed by atoms with van der Waals surface area (Å²) in [6, 6.07) is 13.9. The average Bonchev–Trinajstić information content (AvgIpc) is 2.57. The third-order valence-corrected chi connectivity index (χ3v) is 4.57. The van der Waals surface area contributed by atoms with Crippen molar-refractivity contribution in [1.82, 2.24) is 4.90 Å². The van der Waals surface area contributed by atoms with Crippen LogP contribution in [0.15, 0.2) is 48.5 Å². The van der Waals surface area contributed by atoms with Gasteiger partial charge in [-0.2, -0.15) is 13.2 Å². The summed E-state index contributed by atoms with van der Waals surface area (Å²) < 4.78 is 38.6. The molecule has 0 aliphatic carbocycles. The van der Waals surface area contributed by atoms with Crippen LogP contribution in [0.2, 0.25) is 0 Å². The van der Waals surface area contributed by atoms with Crippen LogP contribution in [0, 0.1) is 6.92 Å². The predicted octanol–water partition coefficient (Wildman–Crippen LogP) is 4.34. The van der Waals surface area contributed by atoms with E-state index in [2.05, 4.69) is 24.0 Å². The van der Waals surface area contributed by atoms with Crippen LogP contribution >= 0.6 is 0 Å². The molecule has 1 saturated heterocycles. The number of anilines is 1. The highest BCUT2D eigenvalue weighted by Gasteiger charge is 2.31. The SMILES string of the molecule is Cc1ccccc1CN1CCN(c2cccc(C(F)(F)F)c2)CC1. The molecule has 2 aromatic carbocycles. The van der Waals surface area contributed by atoms with Gasteiger partial charge in [0.1, 0.15) is 0 Å². The molecule has 24 heavy (non-hydrogen) atoms. The molecule has 0 N–H and O–H groups in total. The molecule has 0 spiro atoms. The minimum absolute atomic E-state index is 0.581. The second-order valence-electron chi connectivity index (χ2n) is 6.24. The van der Waals surface area contributed by atoms with E-state index in [1.165, 1.54) is 23.3 Å². The van der Waals surface area contributed by atoms with Crippen molar-refractivity contribution in [1.29, 1.82) is 0 Å². The monoisotopic (exact) mass is 334 g/mol. The second kappa shape index (κ2) is 6.85. The zero-order valence-electron chi connectivity index (χ0n) is 13.7. The molecule has 0 bridgehead atoms. The molecule has 2 aromatic rings. The summed E-state index contributed by atoms with van der Waals surface area (Å²) in [7, 11) is 0. The van der Waals surface area contributed by atoms with Gasteiger partial charge in [0.15, 0.2) is 0 Å².